The molecule has 0 radical (unpaired) electrons. The van der Waals surface area contributed by atoms with Gasteiger partial charge in [0.15, 0.2) is 0 Å². The lowest BCUT2D eigenvalue weighted by molar-refractivity contribution is 0.0583. The van der Waals surface area contributed by atoms with Crippen LogP contribution in [0.3, 0.4) is 0 Å². The van der Waals surface area contributed by atoms with Gasteiger partial charge < -0.3 is 20.7 Å². The third kappa shape index (κ3) is 6.02. The molecule has 2 amide bonds. The zero-order valence-electron chi connectivity index (χ0n) is 19.7. The minimum absolute atomic E-state index is 0.0742. The quantitative estimate of drug-likeness (QED) is 0.456. The van der Waals surface area contributed by atoms with Gasteiger partial charge in [-0.2, -0.15) is 0 Å². The molecule has 6 nitrogen and oxygen atoms in total. The van der Waals surface area contributed by atoms with Crippen molar-refractivity contribution in [1.82, 2.24) is 4.90 Å². The van der Waals surface area contributed by atoms with E-state index in [1.807, 2.05) is 41.3 Å². The standard InChI is InChI=1S/C28H30ClN3O3/c1-35-23-11-7-10-20(17-23)27(33)31-22-14-15-24(29)21(16-22)18-32(26-13-6-5-12-25(26)30)28(34)19-8-3-2-4-9-19/h2-4,7-11,14-17,25-26H,5-6,12-13,18,30H2,1H3,(H,31,33). The van der Waals surface area contributed by atoms with Crippen LogP contribution in [-0.2, 0) is 6.54 Å². The number of benzene rings is 3. The summed E-state index contributed by atoms with van der Waals surface area (Å²) in [4.78, 5) is 28.2. The minimum Gasteiger partial charge on any atom is -0.497 e. The van der Waals surface area contributed by atoms with Gasteiger partial charge in [0.1, 0.15) is 5.75 Å². The molecule has 3 N–H and O–H groups in total. The van der Waals surface area contributed by atoms with Gasteiger partial charge in [-0.1, -0.05) is 48.7 Å². The molecule has 7 heteroatoms. The fourth-order valence-corrected chi connectivity index (χ4v) is 4.72. The summed E-state index contributed by atoms with van der Waals surface area (Å²) in [6, 6.07) is 21.3. The van der Waals surface area contributed by atoms with Gasteiger partial charge in [0.05, 0.1) is 7.11 Å². The van der Waals surface area contributed by atoms with Crippen LogP contribution in [0, 0.1) is 0 Å². The van der Waals surface area contributed by atoms with Gasteiger partial charge in [-0.25, -0.2) is 0 Å². The first-order valence-electron chi connectivity index (χ1n) is 11.8. The Morgan fingerprint density at radius 3 is 2.49 bits per heavy atom. The predicted octanol–water partition coefficient (Wildman–Crippen LogP) is 5.51. The molecule has 0 saturated heterocycles. The van der Waals surface area contributed by atoms with Crippen LogP contribution in [0.1, 0.15) is 52.0 Å². The maximum Gasteiger partial charge on any atom is 0.255 e. The third-order valence-electron chi connectivity index (χ3n) is 6.44. The van der Waals surface area contributed by atoms with Crippen molar-refractivity contribution in [2.45, 2.75) is 44.3 Å². The summed E-state index contributed by atoms with van der Waals surface area (Å²) in [7, 11) is 1.56. The van der Waals surface area contributed by atoms with Crippen molar-refractivity contribution >= 4 is 29.1 Å². The first kappa shape index (κ1) is 24.8. The number of nitrogens with two attached hydrogens (primary N) is 1. The molecule has 35 heavy (non-hydrogen) atoms. The molecule has 0 aliphatic heterocycles. The molecular formula is C28H30ClN3O3. The minimum atomic E-state index is -0.260. The predicted molar refractivity (Wildman–Crippen MR) is 139 cm³/mol. The molecule has 182 valence electrons. The highest BCUT2D eigenvalue weighted by atomic mass is 35.5. The molecule has 0 bridgehead atoms. The average molecular weight is 492 g/mol. The Morgan fingerprint density at radius 2 is 1.74 bits per heavy atom. The first-order valence-corrected chi connectivity index (χ1v) is 12.2. The van der Waals surface area contributed by atoms with E-state index in [-0.39, 0.29) is 23.9 Å². The van der Waals surface area contributed by atoms with Crippen molar-refractivity contribution in [2.24, 2.45) is 5.73 Å². The van der Waals surface area contributed by atoms with Gasteiger partial charge in [-0.3, -0.25) is 9.59 Å². The summed E-state index contributed by atoms with van der Waals surface area (Å²) >= 11 is 6.56. The van der Waals surface area contributed by atoms with E-state index in [0.29, 0.717) is 34.1 Å². The van der Waals surface area contributed by atoms with Crippen molar-refractivity contribution in [2.75, 3.05) is 12.4 Å². The number of nitrogens with one attached hydrogen (secondary N) is 1. The molecule has 0 aromatic heterocycles. The van der Waals surface area contributed by atoms with E-state index in [2.05, 4.69) is 5.32 Å². The summed E-state index contributed by atoms with van der Waals surface area (Å²) in [5.74, 6) is 0.270. The van der Waals surface area contributed by atoms with Crippen LogP contribution < -0.4 is 15.8 Å². The molecule has 1 saturated carbocycles. The second-order valence-corrected chi connectivity index (χ2v) is 9.21. The molecule has 0 heterocycles. The molecule has 2 atom stereocenters. The van der Waals surface area contributed by atoms with Gasteiger partial charge in [0.2, 0.25) is 0 Å². The number of hydrogen-bond acceptors (Lipinski definition) is 4. The summed E-state index contributed by atoms with van der Waals surface area (Å²) in [6.07, 6.45) is 3.83. The van der Waals surface area contributed by atoms with Gasteiger partial charge in [-0.15, -0.1) is 0 Å². The number of nitrogens with zero attached hydrogens (tertiary/aromatic N) is 1. The number of carbonyl (C=O) groups is 2. The summed E-state index contributed by atoms with van der Waals surface area (Å²) in [6.45, 7) is 0.299. The number of hydrogen-bond donors (Lipinski definition) is 2. The van der Waals surface area contributed by atoms with E-state index < -0.39 is 0 Å². The summed E-state index contributed by atoms with van der Waals surface area (Å²) < 4.78 is 5.21. The van der Waals surface area contributed by atoms with Crippen molar-refractivity contribution < 1.29 is 14.3 Å². The van der Waals surface area contributed by atoms with Crippen molar-refractivity contribution in [3.8, 4) is 5.75 Å². The normalized spacial score (nSPS) is 17.5. The average Bonchev–Trinajstić information content (AvgIpc) is 2.89. The van der Waals surface area contributed by atoms with E-state index in [1.54, 1.807) is 43.5 Å². The van der Waals surface area contributed by atoms with Crippen molar-refractivity contribution in [3.05, 3.63) is 94.5 Å². The van der Waals surface area contributed by atoms with E-state index in [1.165, 1.54) is 0 Å². The smallest absolute Gasteiger partial charge is 0.255 e. The summed E-state index contributed by atoms with van der Waals surface area (Å²) in [5, 5.41) is 3.45. The van der Waals surface area contributed by atoms with Crippen molar-refractivity contribution in [1.29, 1.82) is 0 Å². The van der Waals surface area contributed by atoms with Gasteiger partial charge in [-0.05, 0) is 66.9 Å². The van der Waals surface area contributed by atoms with Crippen LogP contribution in [0.4, 0.5) is 5.69 Å². The second-order valence-electron chi connectivity index (χ2n) is 8.81. The molecule has 0 spiro atoms. The monoisotopic (exact) mass is 491 g/mol. The van der Waals surface area contributed by atoms with Crippen molar-refractivity contribution in [3.63, 3.8) is 0 Å². The lowest BCUT2D eigenvalue weighted by atomic mass is 9.89. The highest BCUT2D eigenvalue weighted by Gasteiger charge is 2.32. The highest BCUT2D eigenvalue weighted by molar-refractivity contribution is 6.31. The van der Waals surface area contributed by atoms with E-state index in [0.717, 1.165) is 31.2 Å². The van der Waals surface area contributed by atoms with Gasteiger partial charge >= 0.3 is 0 Å². The molecule has 1 aliphatic rings. The molecule has 4 rings (SSSR count). The zero-order chi connectivity index (χ0) is 24.8. The number of ether oxygens (including phenoxy) is 1. The van der Waals surface area contributed by atoms with Crippen LogP contribution in [0.5, 0.6) is 5.75 Å². The molecule has 1 fully saturated rings. The Kier molecular flexibility index (Phi) is 8.06. The fourth-order valence-electron chi connectivity index (χ4n) is 4.54. The lowest BCUT2D eigenvalue weighted by Crippen LogP contribution is -2.51. The molecule has 3 aromatic rings. The van der Waals surface area contributed by atoms with E-state index in [4.69, 9.17) is 22.1 Å². The Labute approximate surface area is 211 Å². The molecule has 1 aliphatic carbocycles. The largest absolute Gasteiger partial charge is 0.497 e. The number of halogens is 1. The highest BCUT2D eigenvalue weighted by Crippen LogP contribution is 2.29. The van der Waals surface area contributed by atoms with Crippen LogP contribution in [-0.4, -0.2) is 35.9 Å². The third-order valence-corrected chi connectivity index (χ3v) is 6.81. The molecular weight excluding hydrogens is 462 g/mol. The number of anilines is 1. The number of rotatable bonds is 7. The fraction of sp³-hybridized carbons (Fsp3) is 0.286. The van der Waals surface area contributed by atoms with Crippen LogP contribution in [0.2, 0.25) is 5.02 Å². The number of carbonyl (C=O) groups excluding carboxylic acids is 2. The number of methoxy groups -OCH3 is 1. The zero-order valence-corrected chi connectivity index (χ0v) is 20.5. The Morgan fingerprint density at radius 1 is 1.00 bits per heavy atom. The van der Waals surface area contributed by atoms with E-state index >= 15 is 0 Å². The van der Waals surface area contributed by atoms with Crippen LogP contribution in [0.25, 0.3) is 0 Å². The number of amides is 2. The van der Waals surface area contributed by atoms with Gasteiger partial charge in [0, 0.05) is 40.5 Å². The Balaban J connectivity index is 1.59. The maximum absolute atomic E-state index is 13.6. The molecule has 2 unspecified atom stereocenters. The second kappa shape index (κ2) is 11.4. The molecule has 3 aromatic carbocycles. The van der Waals surface area contributed by atoms with Gasteiger partial charge in [0.25, 0.3) is 11.8 Å². The lowest BCUT2D eigenvalue weighted by Gasteiger charge is -2.38. The maximum atomic E-state index is 13.6. The SMILES string of the molecule is COc1cccc(C(=O)Nc2ccc(Cl)c(CN(C(=O)c3ccccc3)C3CCCCC3N)c2)c1. The topological polar surface area (TPSA) is 84.7 Å². The Hall–Kier alpha value is -3.35. The van der Waals surface area contributed by atoms with Crippen LogP contribution in [0.15, 0.2) is 72.8 Å². The van der Waals surface area contributed by atoms with Crippen LogP contribution >= 0.6 is 11.6 Å². The first-order chi connectivity index (χ1) is 17.0. The summed E-state index contributed by atoms with van der Waals surface area (Å²) in [5.41, 5.74) is 8.92. The Bertz CT molecular complexity index is 1190. The van der Waals surface area contributed by atoms with E-state index in [9.17, 15) is 9.59 Å².